The molecule has 0 fully saturated rings. The molecule has 0 aromatic heterocycles. The Morgan fingerprint density at radius 1 is 1.09 bits per heavy atom. The molecule has 4 nitrogen and oxygen atoms in total. The summed E-state index contributed by atoms with van der Waals surface area (Å²) in [7, 11) is 0. The van der Waals surface area contributed by atoms with Gasteiger partial charge < -0.3 is 10.2 Å². The lowest BCUT2D eigenvalue weighted by molar-refractivity contribution is -0.137. The van der Waals surface area contributed by atoms with E-state index in [1.807, 2.05) is 0 Å². The summed E-state index contributed by atoms with van der Waals surface area (Å²) in [5.41, 5.74) is 0. The SMILES string of the molecule is O=C(O)C(I)CC(I)C(=O)O. The molecule has 64 valence electrons. The lowest BCUT2D eigenvalue weighted by atomic mass is 10.2. The molecule has 0 rings (SSSR count). The molecule has 0 spiro atoms. The first kappa shape index (κ1) is 11.4. The van der Waals surface area contributed by atoms with Crippen molar-refractivity contribution in [2.75, 3.05) is 0 Å². The molecule has 0 bridgehead atoms. The van der Waals surface area contributed by atoms with E-state index in [2.05, 4.69) is 0 Å². The van der Waals surface area contributed by atoms with Crippen LogP contribution in [0.3, 0.4) is 0 Å². The number of carboxylic acids is 2. The molecule has 0 saturated carbocycles. The second kappa shape index (κ2) is 5.12. The number of rotatable bonds is 4. The van der Waals surface area contributed by atoms with E-state index in [4.69, 9.17) is 10.2 Å². The van der Waals surface area contributed by atoms with E-state index < -0.39 is 19.8 Å². The van der Waals surface area contributed by atoms with Crippen molar-refractivity contribution >= 4 is 57.1 Å². The number of halogens is 2. The Bertz CT molecular complexity index is 152. The van der Waals surface area contributed by atoms with E-state index in [9.17, 15) is 9.59 Å². The van der Waals surface area contributed by atoms with Crippen molar-refractivity contribution in [1.82, 2.24) is 0 Å². The number of alkyl halides is 2. The van der Waals surface area contributed by atoms with Crippen molar-refractivity contribution in [1.29, 1.82) is 0 Å². The van der Waals surface area contributed by atoms with Gasteiger partial charge in [0, 0.05) is 0 Å². The second-order valence-corrected chi connectivity index (χ2v) is 4.85. The summed E-state index contributed by atoms with van der Waals surface area (Å²) in [5.74, 6) is -1.93. The third-order valence-corrected chi connectivity index (χ3v) is 3.03. The van der Waals surface area contributed by atoms with E-state index in [1.54, 1.807) is 45.2 Å². The van der Waals surface area contributed by atoms with Gasteiger partial charge in [-0.1, -0.05) is 45.2 Å². The monoisotopic (exact) mass is 384 g/mol. The lowest BCUT2D eigenvalue weighted by Crippen LogP contribution is -2.22. The summed E-state index contributed by atoms with van der Waals surface area (Å²) >= 11 is 3.42. The van der Waals surface area contributed by atoms with Gasteiger partial charge in [-0.3, -0.25) is 9.59 Å². The summed E-state index contributed by atoms with van der Waals surface area (Å²) in [6, 6.07) is 0. The molecule has 2 N–H and O–H groups in total. The number of carbonyl (C=O) groups is 2. The third-order valence-electron chi connectivity index (χ3n) is 0.950. The van der Waals surface area contributed by atoms with Crippen LogP contribution < -0.4 is 0 Å². The molecule has 0 radical (unpaired) electrons. The van der Waals surface area contributed by atoms with E-state index in [1.165, 1.54) is 0 Å². The van der Waals surface area contributed by atoms with Gasteiger partial charge in [-0.15, -0.1) is 0 Å². The van der Waals surface area contributed by atoms with Crippen molar-refractivity contribution in [3.8, 4) is 0 Å². The van der Waals surface area contributed by atoms with Gasteiger partial charge in [0.25, 0.3) is 0 Å². The zero-order chi connectivity index (χ0) is 9.02. The van der Waals surface area contributed by atoms with E-state index in [0.29, 0.717) is 0 Å². The highest BCUT2D eigenvalue weighted by Gasteiger charge is 2.21. The molecule has 0 heterocycles. The molecule has 0 aromatic carbocycles. The zero-order valence-corrected chi connectivity index (χ0v) is 9.64. The molecule has 0 aliphatic carbocycles. The first-order chi connectivity index (χ1) is 4.95. The Labute approximate surface area is 90.6 Å². The first-order valence-corrected chi connectivity index (χ1v) is 5.18. The molecule has 0 aromatic rings. The largest absolute Gasteiger partial charge is 0.480 e. The van der Waals surface area contributed by atoms with Crippen LogP contribution in [0.25, 0.3) is 0 Å². The average molecular weight is 384 g/mol. The van der Waals surface area contributed by atoms with Crippen LogP contribution in [-0.2, 0) is 9.59 Å². The molecule has 0 aliphatic rings. The predicted molar refractivity (Wildman–Crippen MR) is 55.5 cm³/mol. The standard InChI is InChI=1S/C5H6I2O4/c6-2(4(8)9)1-3(7)5(10)11/h2-3H,1H2,(H,8,9)(H,10,11). The minimum Gasteiger partial charge on any atom is -0.480 e. The molecule has 2 unspecified atom stereocenters. The average Bonchev–Trinajstić information content (AvgIpc) is 1.87. The van der Waals surface area contributed by atoms with Gasteiger partial charge in [0.15, 0.2) is 0 Å². The molecule has 11 heavy (non-hydrogen) atoms. The Balaban J connectivity index is 3.84. The van der Waals surface area contributed by atoms with Crippen LogP contribution in [0.1, 0.15) is 6.42 Å². The summed E-state index contributed by atoms with van der Waals surface area (Å²) in [6.45, 7) is 0. The van der Waals surface area contributed by atoms with Crippen molar-refractivity contribution in [3.05, 3.63) is 0 Å². The zero-order valence-electron chi connectivity index (χ0n) is 5.33. The van der Waals surface area contributed by atoms with Crippen LogP contribution >= 0.6 is 45.2 Å². The fourth-order valence-corrected chi connectivity index (χ4v) is 2.37. The minimum atomic E-state index is -0.964. The Morgan fingerprint density at radius 2 is 1.36 bits per heavy atom. The van der Waals surface area contributed by atoms with Gasteiger partial charge in [-0.2, -0.15) is 0 Å². The molecular formula is C5H6I2O4. The summed E-state index contributed by atoms with van der Waals surface area (Å²) in [4.78, 5) is 20.5. The van der Waals surface area contributed by atoms with Crippen molar-refractivity contribution in [3.63, 3.8) is 0 Å². The van der Waals surface area contributed by atoms with Gasteiger partial charge in [0.1, 0.15) is 7.85 Å². The van der Waals surface area contributed by atoms with Crippen LogP contribution in [-0.4, -0.2) is 30.0 Å². The number of hydrogen-bond donors (Lipinski definition) is 2. The maximum Gasteiger partial charge on any atom is 0.316 e. The molecule has 0 saturated heterocycles. The summed E-state index contributed by atoms with van der Waals surface area (Å²) in [5, 5.41) is 16.8. The highest BCUT2D eigenvalue weighted by Crippen LogP contribution is 2.15. The Hall–Kier alpha value is 0.400. The van der Waals surface area contributed by atoms with E-state index >= 15 is 0 Å². The van der Waals surface area contributed by atoms with Crippen LogP contribution in [0.2, 0.25) is 0 Å². The molecule has 2 atom stereocenters. The maximum atomic E-state index is 10.3. The number of aliphatic carboxylic acids is 2. The van der Waals surface area contributed by atoms with Gasteiger partial charge >= 0.3 is 11.9 Å². The normalized spacial score (nSPS) is 15.5. The maximum absolute atomic E-state index is 10.3. The minimum absolute atomic E-state index is 0.159. The fraction of sp³-hybridized carbons (Fsp3) is 0.600. The Kier molecular flexibility index (Phi) is 5.30. The fourth-order valence-electron chi connectivity index (χ4n) is 0.383. The summed E-state index contributed by atoms with van der Waals surface area (Å²) in [6.07, 6.45) is 0.159. The van der Waals surface area contributed by atoms with Gasteiger partial charge in [0.05, 0.1) is 0 Å². The molecule has 0 amide bonds. The van der Waals surface area contributed by atoms with Crippen LogP contribution in [0, 0.1) is 0 Å². The first-order valence-electron chi connectivity index (χ1n) is 2.69. The van der Waals surface area contributed by atoms with Crippen LogP contribution in [0.4, 0.5) is 0 Å². The van der Waals surface area contributed by atoms with E-state index in [-0.39, 0.29) is 6.42 Å². The van der Waals surface area contributed by atoms with Gasteiger partial charge in [0.2, 0.25) is 0 Å². The van der Waals surface area contributed by atoms with Crippen molar-refractivity contribution < 1.29 is 19.8 Å². The predicted octanol–water partition coefficient (Wildman–Crippen LogP) is 1.15. The van der Waals surface area contributed by atoms with Gasteiger partial charge in [-0.25, -0.2) is 0 Å². The highest BCUT2D eigenvalue weighted by atomic mass is 127. The van der Waals surface area contributed by atoms with Crippen molar-refractivity contribution in [2.24, 2.45) is 0 Å². The highest BCUT2D eigenvalue weighted by molar-refractivity contribution is 14.1. The van der Waals surface area contributed by atoms with Gasteiger partial charge in [-0.05, 0) is 6.42 Å². The smallest absolute Gasteiger partial charge is 0.316 e. The quantitative estimate of drug-likeness (QED) is 0.564. The topological polar surface area (TPSA) is 74.6 Å². The Morgan fingerprint density at radius 3 is 1.55 bits per heavy atom. The molecule has 6 heteroatoms. The number of carboxylic acid groups (broad SMARTS) is 2. The third kappa shape index (κ3) is 4.77. The second-order valence-electron chi connectivity index (χ2n) is 1.85. The van der Waals surface area contributed by atoms with Crippen molar-refractivity contribution in [2.45, 2.75) is 14.3 Å². The molecular weight excluding hydrogens is 378 g/mol. The number of hydrogen-bond acceptors (Lipinski definition) is 2. The lowest BCUT2D eigenvalue weighted by Gasteiger charge is -2.05. The van der Waals surface area contributed by atoms with Crippen LogP contribution in [0.5, 0.6) is 0 Å². The summed E-state index contributed by atoms with van der Waals surface area (Å²) < 4.78 is -1.24. The van der Waals surface area contributed by atoms with Crippen LogP contribution in [0.15, 0.2) is 0 Å². The van der Waals surface area contributed by atoms with E-state index in [0.717, 1.165) is 0 Å². The molecule has 0 aliphatic heterocycles.